The molecule has 0 saturated heterocycles. The average Bonchev–Trinajstić information content (AvgIpc) is 3.15. The summed E-state index contributed by atoms with van der Waals surface area (Å²) in [5.41, 5.74) is 1.78. The Balaban J connectivity index is 1.92. The minimum absolute atomic E-state index is 0.0877. The molecule has 2 rings (SSSR count). The van der Waals surface area contributed by atoms with Gasteiger partial charge in [-0.25, -0.2) is 0 Å². The third-order valence-electron chi connectivity index (χ3n) is 3.40. The molecule has 0 atom stereocenters. The largest absolute Gasteiger partial charge is 0.480 e. The van der Waals surface area contributed by atoms with Crippen molar-refractivity contribution in [1.29, 1.82) is 0 Å². The number of hydrogen-bond acceptors (Lipinski definition) is 3. The molecule has 0 bridgehead atoms. The summed E-state index contributed by atoms with van der Waals surface area (Å²) in [5, 5.41) is 11.8. The molecule has 0 spiro atoms. The van der Waals surface area contributed by atoms with Gasteiger partial charge in [0.2, 0.25) is 5.91 Å². The van der Waals surface area contributed by atoms with Gasteiger partial charge in [0.05, 0.1) is 13.1 Å². The molecule has 0 heterocycles. The molecule has 5 nitrogen and oxygen atoms in total. The van der Waals surface area contributed by atoms with Crippen molar-refractivity contribution in [3.8, 4) is 0 Å². The molecule has 1 saturated carbocycles. The number of amides is 1. The summed E-state index contributed by atoms with van der Waals surface area (Å²) in [4.78, 5) is 24.7. The second-order valence-electron chi connectivity index (χ2n) is 5.51. The molecule has 1 aliphatic carbocycles. The summed E-state index contributed by atoms with van der Waals surface area (Å²) in [6.45, 7) is 2.66. The third-order valence-corrected chi connectivity index (χ3v) is 4.07. The van der Waals surface area contributed by atoms with Gasteiger partial charge in [0, 0.05) is 15.8 Å². The van der Waals surface area contributed by atoms with E-state index in [0.717, 1.165) is 27.7 Å². The van der Waals surface area contributed by atoms with Crippen molar-refractivity contribution >= 4 is 40.2 Å². The highest BCUT2D eigenvalue weighted by molar-refractivity contribution is 14.1. The zero-order chi connectivity index (χ0) is 15.4. The fraction of sp³-hybridized carbons (Fsp3) is 0.467. The number of carboxylic acids is 1. The van der Waals surface area contributed by atoms with E-state index in [1.807, 2.05) is 25.1 Å². The van der Waals surface area contributed by atoms with E-state index < -0.39 is 5.97 Å². The summed E-state index contributed by atoms with van der Waals surface area (Å²) in [6.07, 6.45) is 2.27. The molecule has 1 aromatic carbocycles. The maximum atomic E-state index is 12.1. The second-order valence-corrected chi connectivity index (χ2v) is 6.76. The number of hydrogen-bond donors (Lipinski definition) is 2. The van der Waals surface area contributed by atoms with Crippen molar-refractivity contribution in [2.24, 2.45) is 5.92 Å². The van der Waals surface area contributed by atoms with Gasteiger partial charge in [0.15, 0.2) is 0 Å². The van der Waals surface area contributed by atoms with Gasteiger partial charge in [0.25, 0.3) is 0 Å². The molecule has 114 valence electrons. The summed E-state index contributed by atoms with van der Waals surface area (Å²) in [5.74, 6) is -0.507. The van der Waals surface area contributed by atoms with Gasteiger partial charge in [-0.15, -0.1) is 0 Å². The van der Waals surface area contributed by atoms with Crippen LogP contribution in [0.5, 0.6) is 0 Å². The third kappa shape index (κ3) is 5.62. The molecule has 1 aliphatic rings. The average molecular weight is 402 g/mol. The van der Waals surface area contributed by atoms with E-state index in [1.54, 1.807) is 4.90 Å². The van der Waals surface area contributed by atoms with Crippen molar-refractivity contribution in [1.82, 2.24) is 4.90 Å². The van der Waals surface area contributed by atoms with Crippen LogP contribution in [-0.2, 0) is 9.59 Å². The Morgan fingerprint density at radius 3 is 2.67 bits per heavy atom. The van der Waals surface area contributed by atoms with Crippen molar-refractivity contribution < 1.29 is 14.7 Å². The van der Waals surface area contributed by atoms with Gasteiger partial charge >= 0.3 is 5.97 Å². The van der Waals surface area contributed by atoms with Crippen LogP contribution in [-0.4, -0.2) is 41.5 Å². The first-order valence-electron chi connectivity index (χ1n) is 6.94. The zero-order valence-corrected chi connectivity index (χ0v) is 14.1. The Kier molecular flexibility index (Phi) is 5.58. The normalized spacial score (nSPS) is 14.2. The predicted octanol–water partition coefficient (Wildman–Crippen LogP) is 2.33. The van der Waals surface area contributed by atoms with Gasteiger partial charge in [0.1, 0.15) is 0 Å². The van der Waals surface area contributed by atoms with Crippen molar-refractivity contribution in [2.75, 3.05) is 25.0 Å². The first-order chi connectivity index (χ1) is 9.94. The minimum Gasteiger partial charge on any atom is -0.480 e. The van der Waals surface area contributed by atoms with Gasteiger partial charge in [-0.05, 0) is 72.0 Å². The number of aryl methyl sites for hydroxylation is 1. The standard InChI is InChI=1S/C15H19IN2O3/c1-10-6-12(16)4-5-13(10)17-14(19)8-18(9-15(20)21)7-11-2-3-11/h4-6,11H,2-3,7-9H2,1H3,(H,17,19)(H,20,21). The van der Waals surface area contributed by atoms with Crippen LogP contribution in [0.4, 0.5) is 5.69 Å². The van der Waals surface area contributed by atoms with Gasteiger partial charge < -0.3 is 10.4 Å². The van der Waals surface area contributed by atoms with Crippen molar-refractivity contribution in [3.63, 3.8) is 0 Å². The highest BCUT2D eigenvalue weighted by Gasteiger charge is 2.26. The lowest BCUT2D eigenvalue weighted by molar-refractivity contribution is -0.138. The Morgan fingerprint density at radius 2 is 2.10 bits per heavy atom. The zero-order valence-electron chi connectivity index (χ0n) is 11.9. The summed E-state index contributed by atoms with van der Waals surface area (Å²) < 4.78 is 1.12. The minimum atomic E-state index is -0.895. The fourth-order valence-electron chi connectivity index (χ4n) is 2.20. The molecular formula is C15H19IN2O3. The number of benzene rings is 1. The van der Waals surface area contributed by atoms with E-state index in [0.29, 0.717) is 12.5 Å². The Bertz CT molecular complexity index is 544. The van der Waals surface area contributed by atoms with E-state index in [2.05, 4.69) is 27.9 Å². The molecule has 0 radical (unpaired) electrons. The molecule has 2 N–H and O–H groups in total. The Morgan fingerprint density at radius 1 is 1.38 bits per heavy atom. The van der Waals surface area contributed by atoms with E-state index in [1.165, 1.54) is 0 Å². The Hall–Kier alpha value is -1.15. The van der Waals surface area contributed by atoms with Crippen LogP contribution in [0, 0.1) is 16.4 Å². The number of nitrogens with one attached hydrogen (secondary N) is 1. The first-order valence-corrected chi connectivity index (χ1v) is 8.02. The highest BCUT2D eigenvalue weighted by Crippen LogP contribution is 2.29. The number of nitrogens with zero attached hydrogens (tertiary/aromatic N) is 1. The lowest BCUT2D eigenvalue weighted by Gasteiger charge is -2.19. The molecule has 0 aliphatic heterocycles. The number of carbonyl (C=O) groups excluding carboxylic acids is 1. The van der Waals surface area contributed by atoms with Crippen LogP contribution in [0.1, 0.15) is 18.4 Å². The number of anilines is 1. The molecule has 0 aromatic heterocycles. The highest BCUT2D eigenvalue weighted by atomic mass is 127. The smallest absolute Gasteiger partial charge is 0.317 e. The van der Waals surface area contributed by atoms with E-state index in [9.17, 15) is 9.59 Å². The maximum absolute atomic E-state index is 12.1. The van der Waals surface area contributed by atoms with E-state index >= 15 is 0 Å². The van der Waals surface area contributed by atoms with Crippen LogP contribution in [0.25, 0.3) is 0 Å². The molecule has 1 amide bonds. The van der Waals surface area contributed by atoms with Gasteiger partial charge in [-0.1, -0.05) is 0 Å². The monoisotopic (exact) mass is 402 g/mol. The topological polar surface area (TPSA) is 69.6 Å². The second kappa shape index (κ2) is 7.22. The molecule has 1 aromatic rings. The van der Waals surface area contributed by atoms with E-state index in [4.69, 9.17) is 5.11 Å². The number of halogens is 1. The quantitative estimate of drug-likeness (QED) is 0.688. The van der Waals surface area contributed by atoms with Crippen molar-refractivity contribution in [2.45, 2.75) is 19.8 Å². The summed E-state index contributed by atoms with van der Waals surface area (Å²) >= 11 is 2.22. The molecule has 21 heavy (non-hydrogen) atoms. The lowest BCUT2D eigenvalue weighted by atomic mass is 10.2. The molecular weight excluding hydrogens is 383 g/mol. The molecule has 0 unspecified atom stereocenters. The Labute approximate surface area is 137 Å². The van der Waals surface area contributed by atoms with Crippen LogP contribution in [0.15, 0.2) is 18.2 Å². The summed E-state index contributed by atoms with van der Waals surface area (Å²) in [7, 11) is 0. The number of carbonyl (C=O) groups is 2. The summed E-state index contributed by atoms with van der Waals surface area (Å²) in [6, 6.07) is 5.80. The van der Waals surface area contributed by atoms with Gasteiger partial charge in [-0.2, -0.15) is 0 Å². The molecule has 1 fully saturated rings. The van der Waals surface area contributed by atoms with E-state index in [-0.39, 0.29) is 19.0 Å². The van der Waals surface area contributed by atoms with Crippen LogP contribution in [0.3, 0.4) is 0 Å². The van der Waals surface area contributed by atoms with Gasteiger partial charge in [-0.3, -0.25) is 14.5 Å². The first kappa shape index (κ1) is 16.2. The molecule has 6 heteroatoms. The predicted molar refractivity (Wildman–Crippen MR) is 89.3 cm³/mol. The fourth-order valence-corrected chi connectivity index (χ4v) is 2.85. The van der Waals surface area contributed by atoms with Crippen LogP contribution in [0.2, 0.25) is 0 Å². The number of carboxylic acid groups (broad SMARTS) is 1. The van der Waals surface area contributed by atoms with Crippen LogP contribution >= 0.6 is 22.6 Å². The lowest BCUT2D eigenvalue weighted by Crippen LogP contribution is -2.38. The van der Waals surface area contributed by atoms with Crippen molar-refractivity contribution in [3.05, 3.63) is 27.3 Å². The number of rotatable bonds is 7. The SMILES string of the molecule is Cc1cc(I)ccc1NC(=O)CN(CC(=O)O)CC1CC1. The number of aliphatic carboxylic acids is 1. The van der Waals surface area contributed by atoms with Crippen LogP contribution < -0.4 is 5.32 Å². The maximum Gasteiger partial charge on any atom is 0.317 e.